The van der Waals surface area contributed by atoms with Gasteiger partial charge in [-0.1, -0.05) is 6.07 Å². The van der Waals surface area contributed by atoms with Crippen molar-refractivity contribution in [3.63, 3.8) is 0 Å². The third-order valence-corrected chi connectivity index (χ3v) is 3.06. The van der Waals surface area contributed by atoms with Crippen LogP contribution in [0.1, 0.15) is 17.3 Å². The number of hydrogen-bond acceptors (Lipinski definition) is 4. The highest BCUT2D eigenvalue weighted by Gasteiger charge is 2.30. The minimum atomic E-state index is -0.569. The molecule has 1 aliphatic heterocycles. The van der Waals surface area contributed by atoms with Gasteiger partial charge in [-0.05, 0) is 13.0 Å². The average molecular weight is 263 g/mol. The van der Waals surface area contributed by atoms with E-state index in [-0.39, 0.29) is 23.1 Å². The van der Waals surface area contributed by atoms with Crippen LogP contribution in [0.3, 0.4) is 0 Å². The summed E-state index contributed by atoms with van der Waals surface area (Å²) in [7, 11) is 0. The van der Waals surface area contributed by atoms with Crippen LogP contribution in [0.4, 0.5) is 5.69 Å². The van der Waals surface area contributed by atoms with Crippen LogP contribution in [0.5, 0.6) is 0 Å². The second kappa shape index (κ2) is 5.05. The van der Waals surface area contributed by atoms with Crippen LogP contribution in [-0.4, -0.2) is 40.8 Å². The van der Waals surface area contributed by atoms with Crippen LogP contribution < -0.4 is 5.32 Å². The Labute approximate surface area is 109 Å². The van der Waals surface area contributed by atoms with Crippen molar-refractivity contribution >= 4 is 17.5 Å². The minimum Gasteiger partial charge on any atom is -0.353 e. The number of carbonyl (C=O) groups is 2. The molecule has 2 amide bonds. The number of hydrogen-bond donors (Lipinski definition) is 1. The van der Waals surface area contributed by atoms with Crippen molar-refractivity contribution in [3.05, 3.63) is 39.9 Å². The first-order valence-electron chi connectivity index (χ1n) is 5.84. The second-order valence-electron chi connectivity index (χ2n) is 4.27. The molecule has 0 spiro atoms. The van der Waals surface area contributed by atoms with Gasteiger partial charge in [0.15, 0.2) is 0 Å². The van der Waals surface area contributed by atoms with Crippen LogP contribution >= 0.6 is 0 Å². The fourth-order valence-corrected chi connectivity index (χ4v) is 1.98. The number of nitrogens with zero attached hydrogens (tertiary/aromatic N) is 2. The first-order valence-corrected chi connectivity index (χ1v) is 5.84. The highest BCUT2D eigenvalue weighted by Crippen LogP contribution is 2.16. The zero-order valence-corrected chi connectivity index (χ0v) is 10.3. The lowest BCUT2D eigenvalue weighted by Crippen LogP contribution is -2.55. The summed E-state index contributed by atoms with van der Waals surface area (Å²) in [6.07, 6.45) is 0. The summed E-state index contributed by atoms with van der Waals surface area (Å²) in [6.45, 7) is 2.42. The van der Waals surface area contributed by atoms with Crippen LogP contribution in [-0.2, 0) is 4.79 Å². The quantitative estimate of drug-likeness (QED) is 0.623. The van der Waals surface area contributed by atoms with Crippen molar-refractivity contribution in [2.75, 3.05) is 13.1 Å². The van der Waals surface area contributed by atoms with Gasteiger partial charge in [-0.15, -0.1) is 0 Å². The molecule has 1 fully saturated rings. The fraction of sp³-hybridized carbons (Fsp3) is 0.333. The molecule has 1 heterocycles. The van der Waals surface area contributed by atoms with Crippen molar-refractivity contribution in [2.45, 2.75) is 13.0 Å². The molecule has 0 saturated carbocycles. The molecule has 1 aromatic rings. The normalized spacial score (nSPS) is 18.9. The van der Waals surface area contributed by atoms with E-state index >= 15 is 0 Å². The highest BCUT2D eigenvalue weighted by atomic mass is 16.6. The molecule has 1 saturated heterocycles. The first-order chi connectivity index (χ1) is 9.00. The van der Waals surface area contributed by atoms with E-state index in [9.17, 15) is 19.7 Å². The molecule has 1 unspecified atom stereocenters. The Bertz CT molecular complexity index is 544. The van der Waals surface area contributed by atoms with Crippen molar-refractivity contribution in [1.82, 2.24) is 10.2 Å². The third kappa shape index (κ3) is 2.54. The zero-order chi connectivity index (χ0) is 14.0. The SMILES string of the molecule is CC1C(=O)NCCN1C(=O)c1cccc([N+](=O)[O-])c1. The largest absolute Gasteiger partial charge is 0.353 e. The van der Waals surface area contributed by atoms with Crippen molar-refractivity contribution in [2.24, 2.45) is 0 Å². The smallest absolute Gasteiger partial charge is 0.270 e. The van der Waals surface area contributed by atoms with Crippen molar-refractivity contribution < 1.29 is 14.5 Å². The molecular weight excluding hydrogens is 250 g/mol. The Hall–Kier alpha value is -2.44. The Balaban J connectivity index is 2.26. The van der Waals surface area contributed by atoms with Gasteiger partial charge in [0.1, 0.15) is 6.04 Å². The summed E-state index contributed by atoms with van der Waals surface area (Å²) in [6, 6.07) is 4.94. The van der Waals surface area contributed by atoms with E-state index in [0.29, 0.717) is 13.1 Å². The first kappa shape index (κ1) is 13.0. The maximum absolute atomic E-state index is 12.3. The number of piperazine rings is 1. The van der Waals surface area contributed by atoms with E-state index in [1.165, 1.54) is 29.2 Å². The number of nitro groups is 1. The number of rotatable bonds is 2. The molecule has 7 heteroatoms. The molecule has 0 aromatic heterocycles. The summed E-state index contributed by atoms with van der Waals surface area (Å²) < 4.78 is 0. The molecule has 1 aliphatic rings. The standard InChI is InChI=1S/C12H13N3O4/c1-8-11(16)13-5-6-14(8)12(17)9-3-2-4-10(7-9)15(18)19/h2-4,7-8H,5-6H2,1H3,(H,13,16). The zero-order valence-electron chi connectivity index (χ0n) is 10.3. The maximum atomic E-state index is 12.3. The predicted molar refractivity (Wildman–Crippen MR) is 66.6 cm³/mol. The number of amides is 2. The molecule has 1 aromatic carbocycles. The van der Waals surface area contributed by atoms with Gasteiger partial charge in [-0.2, -0.15) is 0 Å². The Morgan fingerprint density at radius 3 is 2.95 bits per heavy atom. The van der Waals surface area contributed by atoms with E-state index in [1.807, 2.05) is 0 Å². The number of benzene rings is 1. The number of nitro benzene ring substituents is 1. The lowest BCUT2D eigenvalue weighted by molar-refractivity contribution is -0.384. The van der Waals surface area contributed by atoms with Gasteiger partial charge in [0.25, 0.3) is 11.6 Å². The predicted octanol–water partition coefficient (Wildman–Crippen LogP) is 0.555. The summed E-state index contributed by atoms with van der Waals surface area (Å²) in [5.74, 6) is -0.587. The molecule has 1 N–H and O–H groups in total. The lowest BCUT2D eigenvalue weighted by atomic mass is 10.1. The molecule has 0 aliphatic carbocycles. The van der Waals surface area contributed by atoms with Crippen LogP contribution in [0.2, 0.25) is 0 Å². The number of nitrogens with one attached hydrogen (secondary N) is 1. The third-order valence-electron chi connectivity index (χ3n) is 3.06. The fourth-order valence-electron chi connectivity index (χ4n) is 1.98. The molecule has 2 rings (SSSR count). The second-order valence-corrected chi connectivity index (χ2v) is 4.27. The molecule has 0 radical (unpaired) electrons. The summed E-state index contributed by atoms with van der Waals surface area (Å²) in [5.41, 5.74) is 0.0794. The van der Waals surface area contributed by atoms with Gasteiger partial charge in [0.05, 0.1) is 4.92 Å². The van der Waals surface area contributed by atoms with Crippen molar-refractivity contribution in [3.8, 4) is 0 Å². The summed E-state index contributed by atoms with van der Waals surface area (Å²) >= 11 is 0. The summed E-state index contributed by atoms with van der Waals surface area (Å²) in [5, 5.41) is 13.3. The Morgan fingerprint density at radius 2 is 2.26 bits per heavy atom. The molecule has 19 heavy (non-hydrogen) atoms. The molecule has 100 valence electrons. The molecular formula is C12H13N3O4. The van der Waals surface area contributed by atoms with E-state index in [2.05, 4.69) is 5.32 Å². The Kier molecular flexibility index (Phi) is 3.46. The molecule has 7 nitrogen and oxygen atoms in total. The van der Waals surface area contributed by atoms with Crippen molar-refractivity contribution in [1.29, 1.82) is 0 Å². The monoisotopic (exact) mass is 263 g/mol. The van der Waals surface area contributed by atoms with E-state index < -0.39 is 11.0 Å². The highest BCUT2D eigenvalue weighted by molar-refractivity contribution is 5.98. The summed E-state index contributed by atoms with van der Waals surface area (Å²) in [4.78, 5) is 35.3. The number of non-ortho nitro benzene ring substituents is 1. The van der Waals surface area contributed by atoms with Crippen LogP contribution in [0.15, 0.2) is 24.3 Å². The lowest BCUT2D eigenvalue weighted by Gasteiger charge is -2.32. The van der Waals surface area contributed by atoms with Gasteiger partial charge in [-0.3, -0.25) is 19.7 Å². The average Bonchev–Trinajstić information content (AvgIpc) is 2.41. The van der Waals surface area contributed by atoms with Gasteiger partial charge >= 0.3 is 0 Å². The maximum Gasteiger partial charge on any atom is 0.270 e. The van der Waals surface area contributed by atoms with Crippen LogP contribution in [0.25, 0.3) is 0 Å². The van der Waals surface area contributed by atoms with Gasteiger partial charge in [0.2, 0.25) is 5.91 Å². The molecule has 0 bridgehead atoms. The van der Waals surface area contributed by atoms with Gasteiger partial charge in [0, 0.05) is 30.8 Å². The molecule has 1 atom stereocenters. The topological polar surface area (TPSA) is 92.6 Å². The van der Waals surface area contributed by atoms with Gasteiger partial charge in [-0.25, -0.2) is 0 Å². The van der Waals surface area contributed by atoms with Crippen LogP contribution in [0, 0.1) is 10.1 Å². The van der Waals surface area contributed by atoms with E-state index in [4.69, 9.17) is 0 Å². The van der Waals surface area contributed by atoms with E-state index in [0.717, 1.165) is 0 Å². The number of carbonyl (C=O) groups excluding carboxylic acids is 2. The van der Waals surface area contributed by atoms with Gasteiger partial charge < -0.3 is 10.2 Å². The van der Waals surface area contributed by atoms with E-state index in [1.54, 1.807) is 6.92 Å². The minimum absolute atomic E-state index is 0.139. The Morgan fingerprint density at radius 1 is 1.53 bits per heavy atom.